The monoisotopic (exact) mass is 198 g/mol. The molecule has 0 fully saturated rings. The van der Waals surface area contributed by atoms with Crippen LogP contribution in [-0.2, 0) is 6.42 Å². The molecule has 0 heterocycles. The van der Waals surface area contributed by atoms with E-state index in [0.29, 0.717) is 12.0 Å². The van der Waals surface area contributed by atoms with Crippen LogP contribution in [0.25, 0.3) is 0 Å². The number of nitroso groups, excluding NO2 is 2. The SMILES string of the molecule is CCc1cc(Cl)c(N=O)cc1N=O. The third-order valence-corrected chi connectivity index (χ3v) is 2.03. The van der Waals surface area contributed by atoms with Crippen LogP contribution in [0.4, 0.5) is 11.4 Å². The quantitative estimate of drug-likeness (QED) is 0.696. The molecule has 1 aromatic carbocycles. The van der Waals surface area contributed by atoms with Gasteiger partial charge in [-0.15, -0.1) is 9.81 Å². The molecule has 0 N–H and O–H groups in total. The molecule has 0 bridgehead atoms. The van der Waals surface area contributed by atoms with Crippen molar-refractivity contribution in [1.82, 2.24) is 0 Å². The van der Waals surface area contributed by atoms with Crippen LogP contribution in [0.5, 0.6) is 0 Å². The molecule has 1 rings (SSSR count). The summed E-state index contributed by atoms with van der Waals surface area (Å²) >= 11 is 5.70. The van der Waals surface area contributed by atoms with Crippen molar-refractivity contribution in [2.24, 2.45) is 10.4 Å². The lowest BCUT2D eigenvalue weighted by Crippen LogP contribution is -1.81. The van der Waals surface area contributed by atoms with Crippen LogP contribution in [0, 0.1) is 9.81 Å². The van der Waals surface area contributed by atoms with E-state index in [9.17, 15) is 9.81 Å². The van der Waals surface area contributed by atoms with E-state index in [1.165, 1.54) is 12.1 Å². The highest BCUT2D eigenvalue weighted by Gasteiger charge is 2.08. The number of hydrogen-bond donors (Lipinski definition) is 0. The topological polar surface area (TPSA) is 58.9 Å². The van der Waals surface area contributed by atoms with Crippen LogP contribution >= 0.6 is 11.6 Å². The van der Waals surface area contributed by atoms with Crippen LogP contribution in [-0.4, -0.2) is 0 Å². The van der Waals surface area contributed by atoms with Crippen molar-refractivity contribution in [2.45, 2.75) is 13.3 Å². The van der Waals surface area contributed by atoms with Gasteiger partial charge in [0, 0.05) is 0 Å². The minimum Gasteiger partial charge on any atom is -0.145 e. The van der Waals surface area contributed by atoms with Crippen molar-refractivity contribution in [2.75, 3.05) is 0 Å². The summed E-state index contributed by atoms with van der Waals surface area (Å²) in [5.74, 6) is 0. The fourth-order valence-corrected chi connectivity index (χ4v) is 1.25. The van der Waals surface area contributed by atoms with E-state index in [1.54, 1.807) is 0 Å². The molecule has 0 spiro atoms. The van der Waals surface area contributed by atoms with Crippen molar-refractivity contribution in [3.63, 3.8) is 0 Å². The fraction of sp³-hybridized carbons (Fsp3) is 0.250. The summed E-state index contributed by atoms with van der Waals surface area (Å²) in [6, 6.07) is 2.83. The van der Waals surface area contributed by atoms with E-state index < -0.39 is 0 Å². The molecule has 0 atom stereocenters. The van der Waals surface area contributed by atoms with Crippen LogP contribution in [0.1, 0.15) is 12.5 Å². The second-order valence-corrected chi connectivity index (χ2v) is 2.88. The summed E-state index contributed by atoms with van der Waals surface area (Å²) in [6.07, 6.45) is 0.639. The van der Waals surface area contributed by atoms with Gasteiger partial charge in [-0.1, -0.05) is 18.5 Å². The Labute approximate surface area is 79.9 Å². The lowest BCUT2D eigenvalue weighted by molar-refractivity contribution is 1.13. The molecule has 0 aromatic heterocycles. The minimum atomic E-state index is 0.0495. The van der Waals surface area contributed by atoms with Crippen LogP contribution in [0.3, 0.4) is 0 Å². The Morgan fingerprint density at radius 2 is 1.85 bits per heavy atom. The summed E-state index contributed by atoms with van der Waals surface area (Å²) in [5, 5.41) is 5.71. The first kappa shape index (κ1) is 9.80. The predicted molar refractivity (Wildman–Crippen MR) is 51.7 cm³/mol. The van der Waals surface area contributed by atoms with Gasteiger partial charge in [-0.05, 0) is 34.5 Å². The Morgan fingerprint density at radius 1 is 1.23 bits per heavy atom. The molecule has 0 unspecified atom stereocenters. The normalized spacial score (nSPS) is 9.69. The summed E-state index contributed by atoms with van der Waals surface area (Å²) in [7, 11) is 0. The molecule has 0 amide bonds. The number of rotatable bonds is 3. The van der Waals surface area contributed by atoms with Gasteiger partial charge in [0.15, 0.2) is 0 Å². The van der Waals surface area contributed by atoms with Gasteiger partial charge in [0.25, 0.3) is 0 Å². The molecule has 5 heteroatoms. The molecule has 4 nitrogen and oxygen atoms in total. The third-order valence-electron chi connectivity index (χ3n) is 1.73. The van der Waals surface area contributed by atoms with Gasteiger partial charge in [-0.3, -0.25) is 0 Å². The van der Waals surface area contributed by atoms with Gasteiger partial charge in [0.2, 0.25) is 0 Å². The molecular formula is C8H7ClN2O2. The van der Waals surface area contributed by atoms with E-state index in [1.807, 2.05) is 6.92 Å². The summed E-state index contributed by atoms with van der Waals surface area (Å²) in [5.41, 5.74) is 0.988. The molecule has 0 radical (unpaired) electrons. The second-order valence-electron chi connectivity index (χ2n) is 2.47. The average Bonchev–Trinajstić information content (AvgIpc) is 2.17. The first-order valence-corrected chi connectivity index (χ1v) is 4.09. The first-order chi connectivity index (χ1) is 6.22. The minimum absolute atomic E-state index is 0.0495. The lowest BCUT2D eigenvalue weighted by Gasteiger charge is -2.01. The molecule has 0 aliphatic heterocycles. The summed E-state index contributed by atoms with van der Waals surface area (Å²) < 4.78 is 0. The summed E-state index contributed by atoms with van der Waals surface area (Å²) in [6.45, 7) is 1.87. The van der Waals surface area contributed by atoms with Crippen molar-refractivity contribution in [1.29, 1.82) is 0 Å². The molecular weight excluding hydrogens is 192 g/mol. The lowest BCUT2D eigenvalue weighted by atomic mass is 10.1. The maximum absolute atomic E-state index is 10.3. The average molecular weight is 199 g/mol. The van der Waals surface area contributed by atoms with Gasteiger partial charge >= 0.3 is 0 Å². The number of halogens is 1. The number of benzene rings is 1. The second kappa shape index (κ2) is 4.09. The number of hydrogen-bond acceptors (Lipinski definition) is 4. The predicted octanol–water partition coefficient (Wildman–Crippen LogP) is 3.70. The van der Waals surface area contributed by atoms with Gasteiger partial charge in [-0.25, -0.2) is 0 Å². The fourth-order valence-electron chi connectivity index (χ4n) is 1.03. The Bertz CT molecular complexity index is 352. The Morgan fingerprint density at radius 3 is 2.31 bits per heavy atom. The molecule has 0 aliphatic rings. The van der Waals surface area contributed by atoms with Gasteiger partial charge < -0.3 is 0 Å². The number of aryl methyl sites for hydroxylation is 1. The molecule has 68 valence electrons. The van der Waals surface area contributed by atoms with Crippen LogP contribution < -0.4 is 0 Å². The van der Waals surface area contributed by atoms with Crippen molar-refractivity contribution in [3.8, 4) is 0 Å². The Balaban J connectivity index is 3.34. The van der Waals surface area contributed by atoms with Crippen LogP contribution in [0.15, 0.2) is 22.5 Å². The Hall–Kier alpha value is -1.29. The smallest absolute Gasteiger partial charge is 0.128 e. The van der Waals surface area contributed by atoms with E-state index >= 15 is 0 Å². The number of nitrogens with zero attached hydrogens (tertiary/aromatic N) is 2. The first-order valence-electron chi connectivity index (χ1n) is 3.72. The van der Waals surface area contributed by atoms with E-state index in [0.717, 1.165) is 0 Å². The molecule has 0 aliphatic carbocycles. The zero-order valence-corrected chi connectivity index (χ0v) is 7.71. The molecule has 0 saturated heterocycles. The highest BCUT2D eigenvalue weighted by molar-refractivity contribution is 6.33. The van der Waals surface area contributed by atoms with E-state index in [4.69, 9.17) is 11.6 Å². The van der Waals surface area contributed by atoms with Crippen molar-refractivity contribution in [3.05, 3.63) is 32.5 Å². The van der Waals surface area contributed by atoms with Crippen molar-refractivity contribution >= 4 is 23.0 Å². The van der Waals surface area contributed by atoms with Gasteiger partial charge in [0.1, 0.15) is 11.4 Å². The zero-order valence-electron chi connectivity index (χ0n) is 6.95. The summed E-state index contributed by atoms with van der Waals surface area (Å²) in [4.78, 5) is 20.5. The van der Waals surface area contributed by atoms with Gasteiger partial charge in [-0.2, -0.15) is 0 Å². The van der Waals surface area contributed by atoms with Gasteiger partial charge in [0.05, 0.1) is 5.02 Å². The van der Waals surface area contributed by atoms with E-state index in [2.05, 4.69) is 10.4 Å². The maximum Gasteiger partial charge on any atom is 0.128 e. The molecule has 1 aromatic rings. The van der Waals surface area contributed by atoms with Crippen molar-refractivity contribution < 1.29 is 0 Å². The zero-order chi connectivity index (χ0) is 9.84. The highest BCUT2D eigenvalue weighted by Crippen LogP contribution is 2.32. The third kappa shape index (κ3) is 1.89. The van der Waals surface area contributed by atoms with E-state index in [-0.39, 0.29) is 16.4 Å². The maximum atomic E-state index is 10.3. The Kier molecular flexibility index (Phi) is 3.08. The van der Waals surface area contributed by atoms with Crippen LogP contribution in [0.2, 0.25) is 5.02 Å². The standard InChI is InChI=1S/C8H7ClN2O2/c1-2-5-3-6(9)8(11-13)4-7(5)10-12/h3-4H,2H2,1H3. The highest BCUT2D eigenvalue weighted by atomic mass is 35.5. The largest absolute Gasteiger partial charge is 0.145 e. The molecule has 13 heavy (non-hydrogen) atoms. The molecule has 0 saturated carbocycles.